The van der Waals surface area contributed by atoms with Crippen molar-refractivity contribution in [1.82, 2.24) is 9.88 Å². The summed E-state index contributed by atoms with van der Waals surface area (Å²) in [7, 11) is 0. The number of hydrogen-bond donors (Lipinski definition) is 1. The lowest BCUT2D eigenvalue weighted by molar-refractivity contribution is -0.121. The Morgan fingerprint density at radius 2 is 1.97 bits per heavy atom. The van der Waals surface area contributed by atoms with Crippen LogP contribution < -0.4 is 5.32 Å². The van der Waals surface area contributed by atoms with Crippen molar-refractivity contribution in [1.29, 1.82) is 0 Å². The average molecular weight is 420 g/mol. The zero-order chi connectivity index (χ0) is 21.4. The Hall–Kier alpha value is -2.73. The zero-order valence-corrected chi connectivity index (χ0v) is 18.0. The minimum absolute atomic E-state index is 0.0331. The number of aromatic nitrogens is 1. The van der Waals surface area contributed by atoms with Crippen LogP contribution in [0.2, 0.25) is 0 Å². The van der Waals surface area contributed by atoms with E-state index in [1.807, 2.05) is 54.3 Å². The lowest BCUT2D eigenvalue weighted by Gasteiger charge is -2.50. The molecule has 6 nitrogen and oxygen atoms in total. The topological polar surface area (TPSA) is 71.5 Å². The van der Waals surface area contributed by atoms with Gasteiger partial charge in [0.1, 0.15) is 5.82 Å². The second kappa shape index (κ2) is 8.08. The second-order valence-electron chi connectivity index (χ2n) is 9.04. The number of rotatable bonds is 4. The summed E-state index contributed by atoms with van der Waals surface area (Å²) in [4.78, 5) is 33.9. The molecule has 2 aromatic rings. The average Bonchev–Trinajstić information content (AvgIpc) is 3.44. The summed E-state index contributed by atoms with van der Waals surface area (Å²) in [5, 5.41) is 3.05. The third-order valence-electron chi connectivity index (χ3n) is 7.10. The number of ether oxygens (including phenoxy) is 1. The van der Waals surface area contributed by atoms with Crippen molar-refractivity contribution < 1.29 is 14.3 Å². The molecule has 162 valence electrons. The highest BCUT2D eigenvalue weighted by Gasteiger charge is 2.56. The van der Waals surface area contributed by atoms with E-state index in [1.165, 1.54) is 0 Å². The number of nitrogens with one attached hydrogen (secondary N) is 1. The Morgan fingerprint density at radius 1 is 1.16 bits per heavy atom. The Morgan fingerprint density at radius 3 is 2.71 bits per heavy atom. The molecule has 1 saturated carbocycles. The molecule has 1 aromatic heterocycles. The van der Waals surface area contributed by atoms with Crippen LogP contribution in [0.3, 0.4) is 0 Å². The highest BCUT2D eigenvalue weighted by Crippen LogP contribution is 2.50. The quantitative estimate of drug-likeness (QED) is 0.811. The van der Waals surface area contributed by atoms with Crippen molar-refractivity contribution in [3.8, 4) is 0 Å². The standard InChI is InChI=1S/C25H29N3O3/c1-17-8-6-12-21(26-17)27-23(29)22-19-10-2-3-11-20(19)24(30)28(16-18-9-7-15-31-18)25(22)13-4-5-14-25/h2-3,6,8,10-12,18,22H,4-5,7,9,13-16H2,1H3,(H,26,27,29)/t18-,22-/m1/s1. The summed E-state index contributed by atoms with van der Waals surface area (Å²) in [6.07, 6.45) is 5.74. The van der Waals surface area contributed by atoms with Crippen LogP contribution in [0.1, 0.15) is 66.1 Å². The molecule has 1 spiro atoms. The normalized spacial score (nSPS) is 24.4. The van der Waals surface area contributed by atoms with Gasteiger partial charge in [-0.15, -0.1) is 0 Å². The van der Waals surface area contributed by atoms with Crippen LogP contribution in [0.15, 0.2) is 42.5 Å². The van der Waals surface area contributed by atoms with Gasteiger partial charge in [0.2, 0.25) is 5.91 Å². The Kier molecular flexibility index (Phi) is 5.26. The second-order valence-corrected chi connectivity index (χ2v) is 9.04. The number of hydrogen-bond acceptors (Lipinski definition) is 4. The summed E-state index contributed by atoms with van der Waals surface area (Å²) >= 11 is 0. The highest BCUT2D eigenvalue weighted by molar-refractivity contribution is 6.05. The monoisotopic (exact) mass is 419 g/mol. The van der Waals surface area contributed by atoms with E-state index < -0.39 is 11.5 Å². The smallest absolute Gasteiger partial charge is 0.254 e. The first-order valence-corrected chi connectivity index (χ1v) is 11.4. The fraction of sp³-hybridized carbons (Fsp3) is 0.480. The molecule has 3 heterocycles. The van der Waals surface area contributed by atoms with Crippen molar-refractivity contribution in [2.24, 2.45) is 0 Å². The number of nitrogens with zero attached hydrogens (tertiary/aromatic N) is 2. The first-order valence-electron chi connectivity index (χ1n) is 11.4. The minimum Gasteiger partial charge on any atom is -0.376 e. The fourth-order valence-electron chi connectivity index (χ4n) is 5.74. The SMILES string of the molecule is Cc1cccc(NC(=O)[C@H]2c3ccccc3C(=O)N(C[C@H]3CCCO3)C23CCCC3)n1. The van der Waals surface area contributed by atoms with Gasteiger partial charge in [-0.25, -0.2) is 4.98 Å². The van der Waals surface area contributed by atoms with Crippen molar-refractivity contribution in [3.63, 3.8) is 0 Å². The number of anilines is 1. The van der Waals surface area contributed by atoms with Crippen LogP contribution in [0.4, 0.5) is 5.82 Å². The number of amides is 2. The molecule has 2 fully saturated rings. The summed E-state index contributed by atoms with van der Waals surface area (Å²) in [5.74, 6) is 0.0776. The third kappa shape index (κ3) is 3.53. The summed E-state index contributed by atoms with van der Waals surface area (Å²) < 4.78 is 5.89. The van der Waals surface area contributed by atoms with E-state index in [2.05, 4.69) is 10.3 Å². The van der Waals surface area contributed by atoms with Gasteiger partial charge in [-0.1, -0.05) is 37.1 Å². The van der Waals surface area contributed by atoms with Gasteiger partial charge in [0, 0.05) is 24.4 Å². The minimum atomic E-state index is -0.509. The maximum atomic E-state index is 13.8. The van der Waals surface area contributed by atoms with Gasteiger partial charge in [-0.3, -0.25) is 9.59 Å². The molecule has 0 radical (unpaired) electrons. The van der Waals surface area contributed by atoms with Crippen molar-refractivity contribution in [2.75, 3.05) is 18.5 Å². The Balaban J connectivity index is 1.57. The van der Waals surface area contributed by atoms with Crippen LogP contribution in [0.5, 0.6) is 0 Å². The molecule has 0 bridgehead atoms. The summed E-state index contributed by atoms with van der Waals surface area (Å²) in [5.41, 5.74) is 1.82. The van der Waals surface area contributed by atoms with Gasteiger partial charge in [0.25, 0.3) is 5.91 Å². The molecule has 2 amide bonds. The van der Waals surface area contributed by atoms with E-state index in [9.17, 15) is 9.59 Å². The number of benzene rings is 1. The van der Waals surface area contributed by atoms with Crippen LogP contribution >= 0.6 is 0 Å². The molecule has 1 saturated heterocycles. The molecular formula is C25H29N3O3. The van der Waals surface area contributed by atoms with E-state index in [0.717, 1.165) is 56.4 Å². The molecular weight excluding hydrogens is 390 g/mol. The van der Waals surface area contributed by atoms with E-state index in [4.69, 9.17) is 4.74 Å². The Labute approximate surface area is 183 Å². The molecule has 0 unspecified atom stereocenters. The highest BCUT2D eigenvalue weighted by atomic mass is 16.5. The lowest BCUT2D eigenvalue weighted by atomic mass is 9.71. The predicted molar refractivity (Wildman–Crippen MR) is 118 cm³/mol. The fourth-order valence-corrected chi connectivity index (χ4v) is 5.74. The van der Waals surface area contributed by atoms with Crippen LogP contribution in [0.25, 0.3) is 0 Å². The maximum Gasteiger partial charge on any atom is 0.254 e. The number of aryl methyl sites for hydroxylation is 1. The van der Waals surface area contributed by atoms with Gasteiger partial charge < -0.3 is 15.0 Å². The third-order valence-corrected chi connectivity index (χ3v) is 7.10. The van der Waals surface area contributed by atoms with Crippen LogP contribution in [0, 0.1) is 6.92 Å². The van der Waals surface area contributed by atoms with E-state index in [1.54, 1.807) is 0 Å². The molecule has 6 heteroatoms. The molecule has 2 aliphatic heterocycles. The number of fused-ring (bicyclic) bond motifs is 1. The first-order chi connectivity index (χ1) is 15.1. The van der Waals surface area contributed by atoms with Gasteiger partial charge >= 0.3 is 0 Å². The summed E-state index contributed by atoms with van der Waals surface area (Å²) in [6.45, 7) is 3.21. The molecule has 1 N–H and O–H groups in total. The summed E-state index contributed by atoms with van der Waals surface area (Å²) in [6, 6.07) is 13.2. The maximum absolute atomic E-state index is 13.8. The number of pyridine rings is 1. The Bertz CT molecular complexity index is 993. The molecule has 1 aliphatic carbocycles. The van der Waals surface area contributed by atoms with Gasteiger partial charge in [0.15, 0.2) is 0 Å². The van der Waals surface area contributed by atoms with Crippen molar-refractivity contribution in [2.45, 2.75) is 63.0 Å². The number of carbonyl (C=O) groups is 2. The van der Waals surface area contributed by atoms with Crippen LogP contribution in [-0.2, 0) is 9.53 Å². The van der Waals surface area contributed by atoms with Crippen molar-refractivity contribution in [3.05, 3.63) is 59.3 Å². The molecule has 3 aliphatic rings. The first kappa shape index (κ1) is 20.2. The zero-order valence-electron chi connectivity index (χ0n) is 18.0. The molecule has 1 aromatic carbocycles. The van der Waals surface area contributed by atoms with Crippen molar-refractivity contribution >= 4 is 17.6 Å². The lowest BCUT2D eigenvalue weighted by Crippen LogP contribution is -2.61. The van der Waals surface area contributed by atoms with E-state index in [0.29, 0.717) is 17.9 Å². The van der Waals surface area contributed by atoms with E-state index in [-0.39, 0.29) is 17.9 Å². The van der Waals surface area contributed by atoms with E-state index >= 15 is 0 Å². The van der Waals surface area contributed by atoms with Gasteiger partial charge in [-0.2, -0.15) is 0 Å². The molecule has 5 rings (SSSR count). The largest absolute Gasteiger partial charge is 0.376 e. The molecule has 2 atom stereocenters. The number of carbonyl (C=O) groups excluding carboxylic acids is 2. The van der Waals surface area contributed by atoms with Gasteiger partial charge in [0.05, 0.1) is 17.6 Å². The predicted octanol–water partition coefficient (Wildman–Crippen LogP) is 4.06. The van der Waals surface area contributed by atoms with Gasteiger partial charge in [-0.05, 0) is 56.4 Å². The molecule has 31 heavy (non-hydrogen) atoms. The van der Waals surface area contributed by atoms with Crippen LogP contribution in [-0.4, -0.2) is 46.5 Å².